The molecule has 0 spiro atoms. The highest BCUT2D eigenvalue weighted by Gasteiger charge is 2.19. The standard InChI is InChI=1S/C12H22N4O3S/c1-9(11(17)18)7-16(6-5-15(2)3)12-14-13-10(20-12)8-19-4/h9H,5-8H2,1-4H3,(H,17,18). The van der Waals surface area contributed by atoms with E-state index in [9.17, 15) is 4.79 Å². The maximum absolute atomic E-state index is 11.0. The topological polar surface area (TPSA) is 78.8 Å². The van der Waals surface area contributed by atoms with Crippen molar-refractivity contribution in [3.63, 3.8) is 0 Å². The summed E-state index contributed by atoms with van der Waals surface area (Å²) in [6.45, 7) is 4.08. The zero-order valence-corrected chi connectivity index (χ0v) is 13.2. The van der Waals surface area contributed by atoms with E-state index in [1.807, 2.05) is 19.0 Å². The van der Waals surface area contributed by atoms with Gasteiger partial charge in [-0.3, -0.25) is 4.79 Å². The molecule has 0 aliphatic heterocycles. The quantitative estimate of drug-likeness (QED) is 0.722. The Balaban J connectivity index is 2.76. The molecule has 0 radical (unpaired) electrons. The summed E-state index contributed by atoms with van der Waals surface area (Å²) in [5.41, 5.74) is 0. The van der Waals surface area contributed by atoms with Gasteiger partial charge in [-0.05, 0) is 14.1 Å². The number of carbonyl (C=O) groups is 1. The normalized spacial score (nSPS) is 12.7. The minimum Gasteiger partial charge on any atom is -0.481 e. The van der Waals surface area contributed by atoms with Gasteiger partial charge in [-0.15, -0.1) is 10.2 Å². The number of rotatable bonds is 9. The molecule has 0 saturated heterocycles. The monoisotopic (exact) mass is 302 g/mol. The van der Waals surface area contributed by atoms with E-state index in [0.29, 0.717) is 19.7 Å². The Labute approximate surface area is 123 Å². The number of hydrogen-bond donors (Lipinski definition) is 1. The fourth-order valence-corrected chi connectivity index (χ4v) is 2.39. The fraction of sp³-hybridized carbons (Fsp3) is 0.750. The highest BCUT2D eigenvalue weighted by molar-refractivity contribution is 7.15. The fourth-order valence-electron chi connectivity index (χ4n) is 1.55. The van der Waals surface area contributed by atoms with E-state index in [2.05, 4.69) is 15.1 Å². The second-order valence-corrected chi connectivity index (χ2v) is 5.94. The van der Waals surface area contributed by atoms with Crippen LogP contribution >= 0.6 is 11.3 Å². The van der Waals surface area contributed by atoms with E-state index < -0.39 is 11.9 Å². The number of carboxylic acid groups (broad SMARTS) is 1. The molecule has 0 aliphatic carbocycles. The maximum Gasteiger partial charge on any atom is 0.308 e. The first-order valence-electron chi connectivity index (χ1n) is 6.37. The van der Waals surface area contributed by atoms with Crippen LogP contribution in [0, 0.1) is 5.92 Å². The summed E-state index contributed by atoms with van der Waals surface area (Å²) >= 11 is 1.44. The van der Waals surface area contributed by atoms with Crippen molar-refractivity contribution in [2.75, 3.05) is 45.7 Å². The van der Waals surface area contributed by atoms with Gasteiger partial charge in [-0.2, -0.15) is 0 Å². The number of methoxy groups -OCH3 is 1. The summed E-state index contributed by atoms with van der Waals surface area (Å²) in [5, 5.41) is 18.8. The van der Waals surface area contributed by atoms with E-state index in [1.54, 1.807) is 14.0 Å². The number of nitrogens with zero attached hydrogens (tertiary/aromatic N) is 4. The first-order valence-corrected chi connectivity index (χ1v) is 7.19. The highest BCUT2D eigenvalue weighted by atomic mass is 32.1. The van der Waals surface area contributed by atoms with Crippen molar-refractivity contribution < 1.29 is 14.6 Å². The number of aromatic nitrogens is 2. The third-order valence-electron chi connectivity index (χ3n) is 2.73. The smallest absolute Gasteiger partial charge is 0.308 e. The predicted octanol–water partition coefficient (Wildman–Crippen LogP) is 0.773. The predicted molar refractivity (Wildman–Crippen MR) is 78.2 cm³/mol. The van der Waals surface area contributed by atoms with Crippen molar-refractivity contribution in [3.05, 3.63) is 5.01 Å². The summed E-state index contributed by atoms with van der Waals surface area (Å²) in [4.78, 5) is 15.0. The van der Waals surface area contributed by atoms with Crippen LogP contribution in [0.3, 0.4) is 0 Å². The summed E-state index contributed by atoms with van der Waals surface area (Å²) in [7, 11) is 5.57. The lowest BCUT2D eigenvalue weighted by Gasteiger charge is -2.24. The van der Waals surface area contributed by atoms with Crippen LogP contribution in [0.5, 0.6) is 0 Å². The molecule has 1 aromatic rings. The van der Waals surface area contributed by atoms with Gasteiger partial charge in [-0.25, -0.2) is 0 Å². The number of anilines is 1. The second-order valence-electron chi connectivity index (χ2n) is 4.90. The van der Waals surface area contributed by atoms with Crippen molar-refractivity contribution in [2.45, 2.75) is 13.5 Å². The van der Waals surface area contributed by atoms with Gasteiger partial charge in [-0.1, -0.05) is 18.3 Å². The van der Waals surface area contributed by atoms with E-state index in [4.69, 9.17) is 9.84 Å². The van der Waals surface area contributed by atoms with E-state index in [0.717, 1.165) is 16.7 Å². The van der Waals surface area contributed by atoms with Gasteiger partial charge in [0.2, 0.25) is 5.13 Å². The Morgan fingerprint density at radius 3 is 2.65 bits per heavy atom. The molecule has 0 aliphatic rings. The Morgan fingerprint density at radius 2 is 2.10 bits per heavy atom. The lowest BCUT2D eigenvalue weighted by molar-refractivity contribution is -0.140. The number of aliphatic carboxylic acids is 1. The van der Waals surface area contributed by atoms with Crippen molar-refractivity contribution >= 4 is 22.4 Å². The SMILES string of the molecule is COCc1nnc(N(CCN(C)C)CC(C)C(=O)O)s1. The first-order chi connectivity index (χ1) is 9.43. The summed E-state index contributed by atoms with van der Waals surface area (Å²) in [6, 6.07) is 0. The molecule has 1 unspecified atom stereocenters. The number of hydrogen-bond acceptors (Lipinski definition) is 7. The van der Waals surface area contributed by atoms with Crippen LogP contribution in [0.2, 0.25) is 0 Å². The lowest BCUT2D eigenvalue weighted by Crippen LogP contribution is -2.36. The molecule has 1 aromatic heterocycles. The van der Waals surface area contributed by atoms with Crippen molar-refractivity contribution in [3.8, 4) is 0 Å². The van der Waals surface area contributed by atoms with Gasteiger partial charge in [0.05, 0.1) is 5.92 Å². The molecular formula is C12H22N4O3S. The van der Waals surface area contributed by atoms with Crippen LogP contribution in [0.15, 0.2) is 0 Å². The summed E-state index contributed by atoms with van der Waals surface area (Å²) in [5.74, 6) is -1.26. The second kappa shape index (κ2) is 8.13. The Hall–Kier alpha value is -1.25. The van der Waals surface area contributed by atoms with Crippen molar-refractivity contribution in [1.29, 1.82) is 0 Å². The average molecular weight is 302 g/mol. The van der Waals surface area contributed by atoms with Crippen LogP contribution in [0.25, 0.3) is 0 Å². The molecule has 8 heteroatoms. The van der Waals surface area contributed by atoms with E-state index in [-0.39, 0.29) is 0 Å². The molecule has 0 saturated carbocycles. The minimum absolute atomic E-state index is 0.421. The van der Waals surface area contributed by atoms with Gasteiger partial charge in [0.25, 0.3) is 0 Å². The summed E-state index contributed by atoms with van der Waals surface area (Å²) < 4.78 is 5.03. The van der Waals surface area contributed by atoms with Gasteiger partial charge >= 0.3 is 5.97 Å². The molecule has 20 heavy (non-hydrogen) atoms. The van der Waals surface area contributed by atoms with Crippen LogP contribution in [-0.2, 0) is 16.1 Å². The molecule has 1 rings (SSSR count). The molecule has 0 bridgehead atoms. The number of likely N-dealkylation sites (N-methyl/N-ethyl adjacent to an activating group) is 1. The van der Waals surface area contributed by atoms with Crippen LogP contribution in [0.1, 0.15) is 11.9 Å². The van der Waals surface area contributed by atoms with Gasteiger partial charge in [0, 0.05) is 26.7 Å². The van der Waals surface area contributed by atoms with Crippen LogP contribution in [-0.4, -0.2) is 67.0 Å². The number of ether oxygens (including phenoxy) is 1. The molecule has 7 nitrogen and oxygen atoms in total. The number of carboxylic acids is 1. The molecule has 0 fully saturated rings. The highest BCUT2D eigenvalue weighted by Crippen LogP contribution is 2.21. The molecule has 1 N–H and O–H groups in total. The van der Waals surface area contributed by atoms with Gasteiger partial charge in [0.15, 0.2) is 0 Å². The third kappa shape index (κ3) is 5.40. The van der Waals surface area contributed by atoms with Gasteiger partial charge < -0.3 is 19.6 Å². The zero-order chi connectivity index (χ0) is 15.1. The molecule has 0 aromatic carbocycles. The van der Waals surface area contributed by atoms with Crippen molar-refractivity contribution in [1.82, 2.24) is 15.1 Å². The maximum atomic E-state index is 11.0. The minimum atomic E-state index is -0.804. The van der Waals surface area contributed by atoms with Crippen LogP contribution < -0.4 is 4.90 Å². The molecule has 114 valence electrons. The van der Waals surface area contributed by atoms with E-state index >= 15 is 0 Å². The average Bonchev–Trinajstić information content (AvgIpc) is 2.82. The molecule has 1 atom stereocenters. The summed E-state index contributed by atoms with van der Waals surface area (Å²) in [6.07, 6.45) is 0. The molecule has 1 heterocycles. The first kappa shape index (κ1) is 16.8. The Morgan fingerprint density at radius 1 is 1.40 bits per heavy atom. The van der Waals surface area contributed by atoms with Gasteiger partial charge in [0.1, 0.15) is 11.6 Å². The third-order valence-corrected chi connectivity index (χ3v) is 3.69. The van der Waals surface area contributed by atoms with Crippen molar-refractivity contribution in [2.24, 2.45) is 5.92 Å². The Kier molecular flexibility index (Phi) is 6.83. The zero-order valence-electron chi connectivity index (χ0n) is 12.4. The Bertz CT molecular complexity index is 425. The van der Waals surface area contributed by atoms with Crippen LogP contribution in [0.4, 0.5) is 5.13 Å². The molecular weight excluding hydrogens is 280 g/mol. The van der Waals surface area contributed by atoms with E-state index in [1.165, 1.54) is 11.3 Å². The largest absolute Gasteiger partial charge is 0.481 e. The lowest BCUT2D eigenvalue weighted by atomic mass is 10.2. The molecule has 0 amide bonds.